The largest absolute Gasteiger partial charge is 0.313 e. The minimum Gasteiger partial charge on any atom is -0.313 e. The van der Waals surface area contributed by atoms with Crippen LogP contribution in [-0.4, -0.2) is 12.6 Å². The summed E-state index contributed by atoms with van der Waals surface area (Å²) < 4.78 is 0. The number of hydrogen-bond acceptors (Lipinski definition) is 1. The van der Waals surface area contributed by atoms with Crippen LogP contribution in [0.3, 0.4) is 0 Å². The van der Waals surface area contributed by atoms with E-state index in [1.54, 1.807) is 0 Å². The standard InChI is InChI=1S/C16H33N/c1-4-6-8-10-15(11-9-7-5-2)17-14-16(3)12-13-16/h15,17H,4-14H2,1-3H3. The molecule has 0 saturated heterocycles. The molecular weight excluding hydrogens is 206 g/mol. The van der Waals surface area contributed by atoms with E-state index in [1.807, 2.05) is 0 Å². The van der Waals surface area contributed by atoms with Crippen molar-refractivity contribution < 1.29 is 0 Å². The van der Waals surface area contributed by atoms with Crippen LogP contribution in [0.1, 0.15) is 85.0 Å². The molecule has 0 spiro atoms. The molecule has 0 aromatic rings. The molecule has 1 N–H and O–H groups in total. The highest BCUT2D eigenvalue weighted by Crippen LogP contribution is 2.44. The summed E-state index contributed by atoms with van der Waals surface area (Å²) in [4.78, 5) is 0. The summed E-state index contributed by atoms with van der Waals surface area (Å²) in [5.74, 6) is 0. The SMILES string of the molecule is CCCCCC(CCCCC)NCC1(C)CC1. The Kier molecular flexibility index (Phi) is 7.18. The molecule has 1 heteroatoms. The van der Waals surface area contributed by atoms with Gasteiger partial charge in [0.25, 0.3) is 0 Å². The van der Waals surface area contributed by atoms with E-state index < -0.39 is 0 Å². The first-order valence-corrected chi connectivity index (χ1v) is 7.93. The van der Waals surface area contributed by atoms with Crippen LogP contribution in [0.15, 0.2) is 0 Å². The van der Waals surface area contributed by atoms with Crippen LogP contribution in [0, 0.1) is 5.41 Å². The second-order valence-electron chi connectivity index (χ2n) is 6.38. The van der Waals surface area contributed by atoms with Crippen LogP contribution in [0.25, 0.3) is 0 Å². The lowest BCUT2D eigenvalue weighted by Crippen LogP contribution is -2.33. The maximum Gasteiger partial charge on any atom is 0.00672 e. The lowest BCUT2D eigenvalue weighted by molar-refractivity contribution is 0.379. The number of rotatable bonds is 11. The first-order valence-electron chi connectivity index (χ1n) is 7.93. The highest BCUT2D eigenvalue weighted by atomic mass is 14.9. The number of nitrogens with one attached hydrogen (secondary N) is 1. The molecule has 0 bridgehead atoms. The van der Waals surface area contributed by atoms with Gasteiger partial charge >= 0.3 is 0 Å². The molecule has 17 heavy (non-hydrogen) atoms. The summed E-state index contributed by atoms with van der Waals surface area (Å²) in [6, 6.07) is 0.797. The zero-order chi connectivity index (χ0) is 12.6. The van der Waals surface area contributed by atoms with Gasteiger partial charge in [-0.05, 0) is 31.1 Å². The summed E-state index contributed by atoms with van der Waals surface area (Å²) in [6.45, 7) is 8.28. The quantitative estimate of drug-likeness (QED) is 0.505. The van der Waals surface area contributed by atoms with E-state index in [0.29, 0.717) is 5.41 Å². The Labute approximate surface area is 109 Å². The van der Waals surface area contributed by atoms with Crippen LogP contribution in [0.5, 0.6) is 0 Å². The molecule has 0 atom stereocenters. The van der Waals surface area contributed by atoms with Gasteiger partial charge in [0.05, 0.1) is 0 Å². The third-order valence-corrected chi connectivity index (χ3v) is 4.23. The van der Waals surface area contributed by atoms with E-state index in [1.165, 1.54) is 70.8 Å². The minimum absolute atomic E-state index is 0.660. The third kappa shape index (κ3) is 7.08. The van der Waals surface area contributed by atoms with Gasteiger partial charge in [0.15, 0.2) is 0 Å². The summed E-state index contributed by atoms with van der Waals surface area (Å²) in [5, 5.41) is 3.84. The van der Waals surface area contributed by atoms with Crippen molar-refractivity contribution in [2.24, 2.45) is 5.41 Å². The van der Waals surface area contributed by atoms with Crippen molar-refractivity contribution in [3.8, 4) is 0 Å². The average Bonchev–Trinajstić information content (AvgIpc) is 3.05. The van der Waals surface area contributed by atoms with Gasteiger partial charge in [0, 0.05) is 12.6 Å². The van der Waals surface area contributed by atoms with Crippen LogP contribution in [-0.2, 0) is 0 Å². The monoisotopic (exact) mass is 239 g/mol. The third-order valence-electron chi connectivity index (χ3n) is 4.23. The minimum atomic E-state index is 0.660. The normalized spacial score (nSPS) is 17.6. The van der Waals surface area contributed by atoms with Gasteiger partial charge < -0.3 is 5.32 Å². The molecule has 0 amide bonds. The van der Waals surface area contributed by atoms with Crippen molar-refractivity contribution in [2.75, 3.05) is 6.54 Å². The van der Waals surface area contributed by atoms with Crippen LogP contribution in [0.4, 0.5) is 0 Å². The van der Waals surface area contributed by atoms with Gasteiger partial charge in [-0.15, -0.1) is 0 Å². The fourth-order valence-corrected chi connectivity index (χ4v) is 2.41. The van der Waals surface area contributed by atoms with E-state index in [2.05, 4.69) is 26.1 Å². The van der Waals surface area contributed by atoms with E-state index in [-0.39, 0.29) is 0 Å². The Morgan fingerprint density at radius 3 is 1.88 bits per heavy atom. The molecule has 1 saturated carbocycles. The Balaban J connectivity index is 2.14. The molecule has 102 valence electrons. The fraction of sp³-hybridized carbons (Fsp3) is 1.00. The van der Waals surface area contributed by atoms with Gasteiger partial charge in [0.2, 0.25) is 0 Å². The van der Waals surface area contributed by atoms with Crippen molar-refractivity contribution in [3.63, 3.8) is 0 Å². The van der Waals surface area contributed by atoms with Crippen molar-refractivity contribution in [2.45, 2.75) is 91.0 Å². The molecular formula is C16H33N. The maximum atomic E-state index is 3.84. The van der Waals surface area contributed by atoms with Crippen LogP contribution in [0.2, 0.25) is 0 Å². The highest BCUT2D eigenvalue weighted by Gasteiger charge is 2.36. The predicted octanol–water partition coefficient (Wildman–Crippen LogP) is 4.91. The maximum absolute atomic E-state index is 3.84. The first-order chi connectivity index (χ1) is 8.20. The van der Waals surface area contributed by atoms with Crippen molar-refractivity contribution in [1.82, 2.24) is 5.32 Å². The second kappa shape index (κ2) is 8.13. The molecule has 0 radical (unpaired) electrons. The molecule has 0 aromatic carbocycles. The van der Waals surface area contributed by atoms with Gasteiger partial charge in [-0.3, -0.25) is 0 Å². The Hall–Kier alpha value is -0.0400. The van der Waals surface area contributed by atoms with E-state index >= 15 is 0 Å². The number of unbranched alkanes of at least 4 members (excludes halogenated alkanes) is 4. The molecule has 0 heterocycles. The lowest BCUT2D eigenvalue weighted by Gasteiger charge is -2.21. The molecule has 1 rings (SSSR count). The summed E-state index contributed by atoms with van der Waals surface area (Å²) >= 11 is 0. The predicted molar refractivity (Wildman–Crippen MR) is 77.4 cm³/mol. The zero-order valence-corrected chi connectivity index (χ0v) is 12.4. The fourth-order valence-electron chi connectivity index (χ4n) is 2.41. The summed E-state index contributed by atoms with van der Waals surface area (Å²) in [7, 11) is 0. The van der Waals surface area contributed by atoms with Gasteiger partial charge in [-0.25, -0.2) is 0 Å². The van der Waals surface area contributed by atoms with E-state index in [9.17, 15) is 0 Å². The first kappa shape index (κ1) is 15.0. The molecule has 1 nitrogen and oxygen atoms in total. The number of hydrogen-bond donors (Lipinski definition) is 1. The highest BCUT2D eigenvalue weighted by molar-refractivity contribution is 4.91. The summed E-state index contributed by atoms with van der Waals surface area (Å²) in [6.07, 6.45) is 14.0. The Bertz CT molecular complexity index is 174. The lowest BCUT2D eigenvalue weighted by atomic mass is 10.0. The van der Waals surface area contributed by atoms with Crippen molar-refractivity contribution in [3.05, 3.63) is 0 Å². The molecule has 0 aliphatic heterocycles. The second-order valence-corrected chi connectivity index (χ2v) is 6.38. The zero-order valence-electron chi connectivity index (χ0n) is 12.4. The van der Waals surface area contributed by atoms with Crippen LogP contribution < -0.4 is 5.32 Å². The Morgan fingerprint density at radius 1 is 0.941 bits per heavy atom. The molecule has 1 fully saturated rings. The summed E-state index contributed by atoms with van der Waals surface area (Å²) in [5.41, 5.74) is 0.660. The molecule has 0 aromatic heterocycles. The smallest absolute Gasteiger partial charge is 0.00672 e. The van der Waals surface area contributed by atoms with E-state index in [4.69, 9.17) is 0 Å². The van der Waals surface area contributed by atoms with Gasteiger partial charge in [-0.1, -0.05) is 59.3 Å². The Morgan fingerprint density at radius 2 is 1.47 bits per heavy atom. The van der Waals surface area contributed by atoms with Crippen molar-refractivity contribution in [1.29, 1.82) is 0 Å². The molecule has 1 aliphatic rings. The van der Waals surface area contributed by atoms with Gasteiger partial charge in [-0.2, -0.15) is 0 Å². The van der Waals surface area contributed by atoms with E-state index in [0.717, 1.165) is 6.04 Å². The van der Waals surface area contributed by atoms with Crippen molar-refractivity contribution >= 4 is 0 Å². The van der Waals surface area contributed by atoms with Gasteiger partial charge in [0.1, 0.15) is 0 Å². The van der Waals surface area contributed by atoms with Crippen LogP contribution >= 0.6 is 0 Å². The molecule has 1 aliphatic carbocycles. The topological polar surface area (TPSA) is 12.0 Å². The average molecular weight is 239 g/mol. The molecule has 0 unspecified atom stereocenters.